The molecule has 2 aliphatic carbocycles. The number of nitrogens with one attached hydrogen (secondary N) is 3. The highest BCUT2D eigenvalue weighted by atomic mass is 35.5. The van der Waals surface area contributed by atoms with Crippen molar-refractivity contribution in [2.75, 3.05) is 6.61 Å². The number of guanidine groups is 1. The molecule has 292 valence electrons. The van der Waals surface area contributed by atoms with Crippen LogP contribution in [0, 0.1) is 10.8 Å². The topological polar surface area (TPSA) is 143 Å². The maximum Gasteiger partial charge on any atom is 0.411 e. The van der Waals surface area contributed by atoms with Crippen LogP contribution in [0.25, 0.3) is 16.8 Å². The minimum Gasteiger partial charge on any atom is -0.447 e. The third kappa shape index (κ3) is 7.35. The smallest absolute Gasteiger partial charge is 0.411 e. The lowest BCUT2D eigenvalue weighted by molar-refractivity contribution is -0.164. The fourth-order valence-electron chi connectivity index (χ4n) is 6.96. The van der Waals surface area contributed by atoms with Crippen LogP contribution in [0.2, 0.25) is 10.0 Å². The molecule has 3 aliphatic rings. The molecule has 2 aromatic heterocycles. The predicted molar refractivity (Wildman–Crippen MR) is 191 cm³/mol. The number of carbonyl (C=O) groups is 2. The maximum absolute atomic E-state index is 15.0. The zero-order chi connectivity index (χ0) is 39.7. The lowest BCUT2D eigenvalue weighted by Gasteiger charge is -2.35. The van der Waals surface area contributed by atoms with Gasteiger partial charge in [0.2, 0.25) is 0 Å². The van der Waals surface area contributed by atoms with Crippen LogP contribution in [-0.2, 0) is 15.1 Å². The van der Waals surface area contributed by atoms with Gasteiger partial charge in [-0.3, -0.25) is 19.8 Å². The van der Waals surface area contributed by atoms with E-state index in [0.717, 1.165) is 34.3 Å². The van der Waals surface area contributed by atoms with E-state index in [2.05, 4.69) is 20.5 Å². The van der Waals surface area contributed by atoms with Crippen LogP contribution in [-0.4, -0.2) is 65.7 Å². The van der Waals surface area contributed by atoms with Gasteiger partial charge in [0, 0.05) is 22.3 Å². The number of nitrogens with zero attached hydrogens (tertiary/aromatic N) is 6. The van der Waals surface area contributed by atoms with E-state index in [1.54, 1.807) is 24.4 Å². The zero-order valence-corrected chi connectivity index (χ0v) is 31.2. The van der Waals surface area contributed by atoms with E-state index >= 15 is 4.79 Å². The molecule has 3 N–H and O–H groups in total. The molecule has 55 heavy (non-hydrogen) atoms. The number of alkyl carbamates (subject to hydrolysis) is 1. The van der Waals surface area contributed by atoms with Gasteiger partial charge >= 0.3 is 12.3 Å². The number of ether oxygens (including phenoxy) is 1. The number of aromatic nitrogens is 5. The Morgan fingerprint density at radius 3 is 2.44 bits per heavy atom. The second-order valence-corrected chi connectivity index (χ2v) is 16.1. The van der Waals surface area contributed by atoms with E-state index in [1.165, 1.54) is 18.2 Å². The van der Waals surface area contributed by atoms with E-state index in [-0.39, 0.29) is 35.5 Å². The first-order chi connectivity index (χ1) is 25.8. The first-order valence-electron chi connectivity index (χ1n) is 17.4. The highest BCUT2D eigenvalue weighted by Crippen LogP contribution is 2.49. The van der Waals surface area contributed by atoms with Crippen LogP contribution >= 0.6 is 23.2 Å². The summed E-state index contributed by atoms with van der Waals surface area (Å²) in [5.41, 5.74) is -2.64. The molecule has 2 amide bonds. The molecule has 7 rings (SSSR count). The number of rotatable bonds is 11. The molecule has 19 heteroatoms. The van der Waals surface area contributed by atoms with Crippen LogP contribution in [0.3, 0.4) is 0 Å². The van der Waals surface area contributed by atoms with Crippen molar-refractivity contribution < 1.29 is 36.3 Å². The Kier molecular flexibility index (Phi) is 9.63. The Morgan fingerprint density at radius 1 is 1.09 bits per heavy atom. The first kappa shape index (κ1) is 38.5. The second-order valence-electron chi connectivity index (χ2n) is 15.3. The molecular weight excluding hydrogens is 772 g/mol. The lowest BCUT2D eigenvalue weighted by Crippen LogP contribution is -2.49. The quantitative estimate of drug-likeness (QED) is 0.130. The SMILES string of the molecule is CC(C)(C)C[C@]1(c2ccc(-c3cnn(C4CC4)c3)c(Cl)c2)NC(=N)N([C@H](COC(=O)NC2(C(F)(F)F)CC2)c2ccc(Cl)c(-n3ncnc3C(F)F)c2)C1=O. The van der Waals surface area contributed by atoms with Crippen molar-refractivity contribution >= 4 is 41.2 Å². The minimum atomic E-state index is -4.73. The predicted octanol–water partition coefficient (Wildman–Crippen LogP) is 8.27. The van der Waals surface area contributed by atoms with Crippen LogP contribution in [0.15, 0.2) is 55.1 Å². The molecule has 0 radical (unpaired) electrons. The Labute approximate surface area is 321 Å². The Hall–Kier alpha value is -4.77. The van der Waals surface area contributed by atoms with Gasteiger partial charge in [-0.15, -0.1) is 0 Å². The molecule has 3 fully saturated rings. The molecule has 2 atom stereocenters. The van der Waals surface area contributed by atoms with E-state index < -0.39 is 65.5 Å². The molecule has 1 saturated heterocycles. The van der Waals surface area contributed by atoms with E-state index in [4.69, 9.17) is 33.3 Å². The number of halogens is 7. The van der Waals surface area contributed by atoms with Crippen molar-refractivity contribution in [2.45, 2.75) is 88.6 Å². The average molecular weight is 809 g/mol. The van der Waals surface area contributed by atoms with Crippen molar-refractivity contribution in [3.63, 3.8) is 0 Å². The number of carbonyl (C=O) groups excluding carboxylic acids is 2. The zero-order valence-electron chi connectivity index (χ0n) is 29.7. The molecule has 2 saturated carbocycles. The van der Waals surface area contributed by atoms with Gasteiger partial charge in [-0.1, -0.05) is 62.2 Å². The molecular formula is C36H36Cl2F5N9O3. The van der Waals surface area contributed by atoms with Gasteiger partial charge in [-0.25, -0.2) is 23.2 Å². The number of alkyl halides is 5. The number of hydrogen-bond donors (Lipinski definition) is 3. The summed E-state index contributed by atoms with van der Waals surface area (Å²) < 4.78 is 76.9. The normalized spacial score (nSPS) is 20.2. The number of benzene rings is 2. The highest BCUT2D eigenvalue weighted by molar-refractivity contribution is 6.33. The van der Waals surface area contributed by atoms with Crippen LogP contribution < -0.4 is 10.6 Å². The van der Waals surface area contributed by atoms with Crippen molar-refractivity contribution in [3.8, 4) is 16.8 Å². The molecule has 0 bridgehead atoms. The Bertz CT molecular complexity index is 2160. The number of hydrogen-bond acceptors (Lipinski definition) is 7. The standard InChI is InChI=1S/C36H36Cl2F5N9O3/c1-33(2,3)17-35(21-5-8-23(25(38)13-21)20-14-46-50(15-20)22-6-7-22)30(53)51(31(44)48-35)27(16-55-32(54)49-34(10-11-34)36(41,42)43)19-4-9-24(37)26(12-19)52-29(28(39)40)45-18-47-52/h4-5,8-9,12-15,18,22,27-28H,6-7,10-11,16-17H2,1-3H3,(H2,44,48)(H,49,54)/t27-,35-/m1/s1. The van der Waals surface area contributed by atoms with Gasteiger partial charge in [-0.05, 0) is 66.8 Å². The first-order valence-corrected chi connectivity index (χ1v) is 18.1. The summed E-state index contributed by atoms with van der Waals surface area (Å²) in [7, 11) is 0. The van der Waals surface area contributed by atoms with Gasteiger partial charge in [0.15, 0.2) is 11.8 Å². The average Bonchev–Trinajstić information content (AvgIpc) is 3.97. The molecule has 3 heterocycles. The van der Waals surface area contributed by atoms with Crippen molar-refractivity contribution in [1.82, 2.24) is 40.1 Å². The third-order valence-corrected chi connectivity index (χ3v) is 10.6. The number of amides is 2. The third-order valence-electron chi connectivity index (χ3n) is 9.92. The van der Waals surface area contributed by atoms with E-state index in [0.29, 0.717) is 22.2 Å². The van der Waals surface area contributed by atoms with Crippen LogP contribution in [0.1, 0.15) is 88.3 Å². The fraction of sp³-hybridized carbons (Fsp3) is 0.444. The summed E-state index contributed by atoms with van der Waals surface area (Å²) in [4.78, 5) is 32.6. The summed E-state index contributed by atoms with van der Waals surface area (Å²) >= 11 is 13.3. The molecule has 0 spiro atoms. The van der Waals surface area contributed by atoms with Gasteiger partial charge in [0.05, 0.1) is 29.0 Å². The monoisotopic (exact) mass is 807 g/mol. The largest absolute Gasteiger partial charge is 0.447 e. The van der Waals surface area contributed by atoms with Gasteiger partial charge in [0.25, 0.3) is 12.3 Å². The highest BCUT2D eigenvalue weighted by Gasteiger charge is 2.65. The van der Waals surface area contributed by atoms with Gasteiger partial charge in [-0.2, -0.15) is 23.4 Å². The van der Waals surface area contributed by atoms with Crippen LogP contribution in [0.5, 0.6) is 0 Å². The molecule has 4 aromatic rings. The Morgan fingerprint density at radius 2 is 1.82 bits per heavy atom. The Balaban J connectivity index is 1.28. The van der Waals surface area contributed by atoms with Crippen LogP contribution in [0.4, 0.5) is 26.7 Å². The van der Waals surface area contributed by atoms with Crippen molar-refractivity contribution in [3.05, 3.63) is 82.1 Å². The van der Waals surface area contributed by atoms with Gasteiger partial charge in [0.1, 0.15) is 24.0 Å². The lowest BCUT2D eigenvalue weighted by atomic mass is 9.75. The summed E-state index contributed by atoms with van der Waals surface area (Å²) in [6.45, 7) is 4.97. The molecule has 0 unspecified atom stereocenters. The minimum absolute atomic E-state index is 0.0325. The van der Waals surface area contributed by atoms with E-state index in [1.807, 2.05) is 37.0 Å². The molecule has 12 nitrogen and oxygen atoms in total. The summed E-state index contributed by atoms with van der Waals surface area (Å²) in [6.07, 6.45) is -3.10. The van der Waals surface area contributed by atoms with Crippen molar-refractivity contribution in [1.29, 1.82) is 5.41 Å². The second kappa shape index (κ2) is 13.8. The molecule has 2 aromatic carbocycles. The van der Waals surface area contributed by atoms with Gasteiger partial charge < -0.3 is 15.4 Å². The molecule has 1 aliphatic heterocycles. The summed E-state index contributed by atoms with van der Waals surface area (Å²) in [5.74, 6) is -1.82. The summed E-state index contributed by atoms with van der Waals surface area (Å²) in [5, 5.41) is 22.7. The maximum atomic E-state index is 15.0. The van der Waals surface area contributed by atoms with Crippen molar-refractivity contribution in [2.24, 2.45) is 5.41 Å². The summed E-state index contributed by atoms with van der Waals surface area (Å²) in [6, 6.07) is 8.17. The fourth-order valence-corrected chi connectivity index (χ4v) is 7.45. The van der Waals surface area contributed by atoms with E-state index in [9.17, 15) is 26.7 Å².